The number of rotatable bonds is 6. The largest absolute Gasteiger partial charge is 0.486 e. The minimum atomic E-state index is -0.0641. The number of halogens is 1. The van der Waals surface area contributed by atoms with E-state index in [1.54, 1.807) is 6.07 Å². The van der Waals surface area contributed by atoms with Gasteiger partial charge >= 0.3 is 0 Å². The van der Waals surface area contributed by atoms with Gasteiger partial charge < -0.3 is 19.4 Å². The summed E-state index contributed by atoms with van der Waals surface area (Å²) >= 11 is 7.68. The molecule has 0 saturated carbocycles. The van der Waals surface area contributed by atoms with Gasteiger partial charge in [-0.2, -0.15) is 0 Å². The number of carbonyl (C=O) groups excluding carboxylic acids is 1. The normalized spacial score (nSPS) is 12.9. The molecule has 2 heterocycles. The standard InChI is InChI=1S/C20H20ClN3O3S/c1-2-24-16-6-4-3-5-15(16)23-20(24)28-12-18(25)22-11-13-9-14(21)19-17(10-13)26-7-8-27-19/h3-6,9-10H,2,7-8,11-12H2,1H3,(H,22,25). The van der Waals surface area contributed by atoms with E-state index in [2.05, 4.69) is 21.8 Å². The number of thioether (sulfide) groups is 1. The van der Waals surface area contributed by atoms with Gasteiger partial charge in [-0.05, 0) is 36.8 Å². The molecule has 0 saturated heterocycles. The predicted molar refractivity (Wildman–Crippen MR) is 110 cm³/mol. The Bertz CT molecular complexity index is 1020. The zero-order valence-corrected chi connectivity index (χ0v) is 17.0. The van der Waals surface area contributed by atoms with Crippen molar-refractivity contribution in [3.63, 3.8) is 0 Å². The van der Waals surface area contributed by atoms with Crippen LogP contribution >= 0.6 is 23.4 Å². The smallest absolute Gasteiger partial charge is 0.230 e. The Morgan fingerprint density at radius 3 is 2.96 bits per heavy atom. The highest BCUT2D eigenvalue weighted by molar-refractivity contribution is 7.99. The van der Waals surface area contributed by atoms with Crippen LogP contribution in [0.4, 0.5) is 0 Å². The Balaban J connectivity index is 1.37. The first-order chi connectivity index (χ1) is 13.7. The summed E-state index contributed by atoms with van der Waals surface area (Å²) in [4.78, 5) is 17.0. The predicted octanol–water partition coefficient (Wildman–Crippen LogP) is 3.89. The van der Waals surface area contributed by atoms with Gasteiger partial charge in [0, 0.05) is 13.1 Å². The van der Waals surface area contributed by atoms with Crippen molar-refractivity contribution in [2.24, 2.45) is 0 Å². The van der Waals surface area contributed by atoms with E-state index in [4.69, 9.17) is 21.1 Å². The summed E-state index contributed by atoms with van der Waals surface area (Å²) in [6.07, 6.45) is 0. The number of para-hydroxylation sites is 2. The van der Waals surface area contributed by atoms with Crippen molar-refractivity contribution in [3.8, 4) is 11.5 Å². The molecule has 1 amide bonds. The van der Waals surface area contributed by atoms with E-state index in [0.29, 0.717) is 42.0 Å². The Morgan fingerprint density at radius 1 is 1.29 bits per heavy atom. The lowest BCUT2D eigenvalue weighted by Crippen LogP contribution is -2.25. The molecule has 0 fully saturated rings. The zero-order valence-electron chi connectivity index (χ0n) is 15.4. The summed E-state index contributed by atoms with van der Waals surface area (Å²) in [6.45, 7) is 4.24. The van der Waals surface area contributed by atoms with Crippen LogP contribution in [0.2, 0.25) is 5.02 Å². The number of hydrogen-bond donors (Lipinski definition) is 1. The number of aromatic nitrogens is 2. The summed E-state index contributed by atoms with van der Waals surface area (Å²) < 4.78 is 13.2. The number of hydrogen-bond acceptors (Lipinski definition) is 5. The van der Waals surface area contributed by atoms with E-state index in [1.807, 2.05) is 30.3 Å². The molecule has 1 aliphatic rings. The maximum absolute atomic E-state index is 12.3. The van der Waals surface area contributed by atoms with E-state index in [1.165, 1.54) is 11.8 Å². The van der Waals surface area contributed by atoms with Gasteiger partial charge in [-0.25, -0.2) is 4.98 Å². The summed E-state index contributed by atoms with van der Waals surface area (Å²) in [5, 5.41) is 4.26. The van der Waals surface area contributed by atoms with Crippen molar-refractivity contribution >= 4 is 40.3 Å². The fourth-order valence-corrected chi connectivity index (χ4v) is 4.31. The van der Waals surface area contributed by atoms with Gasteiger partial charge in [-0.3, -0.25) is 4.79 Å². The second-order valence-corrected chi connectivity index (χ2v) is 7.64. The third kappa shape index (κ3) is 3.91. The van der Waals surface area contributed by atoms with Gasteiger partial charge in [-0.15, -0.1) is 0 Å². The number of imidazole rings is 1. The molecule has 28 heavy (non-hydrogen) atoms. The topological polar surface area (TPSA) is 65.4 Å². The number of nitrogens with one attached hydrogen (secondary N) is 1. The first-order valence-electron chi connectivity index (χ1n) is 9.08. The summed E-state index contributed by atoms with van der Waals surface area (Å²) in [7, 11) is 0. The highest BCUT2D eigenvalue weighted by Gasteiger charge is 2.17. The van der Waals surface area contributed by atoms with Crippen LogP contribution in [0.3, 0.4) is 0 Å². The lowest BCUT2D eigenvalue weighted by atomic mass is 10.2. The second kappa shape index (κ2) is 8.32. The fourth-order valence-electron chi connectivity index (χ4n) is 3.12. The highest BCUT2D eigenvalue weighted by Crippen LogP contribution is 2.38. The third-order valence-electron chi connectivity index (χ3n) is 4.41. The average Bonchev–Trinajstić information content (AvgIpc) is 3.08. The van der Waals surface area contributed by atoms with Crippen molar-refractivity contribution in [2.75, 3.05) is 19.0 Å². The van der Waals surface area contributed by atoms with Gasteiger partial charge in [0.05, 0.1) is 21.8 Å². The molecule has 4 rings (SSSR count). The molecule has 6 nitrogen and oxygen atoms in total. The molecule has 146 valence electrons. The van der Waals surface area contributed by atoms with Gasteiger partial charge in [0.15, 0.2) is 16.7 Å². The molecule has 0 bridgehead atoms. The average molecular weight is 418 g/mol. The molecule has 1 aliphatic heterocycles. The van der Waals surface area contributed by atoms with Crippen LogP contribution in [0.25, 0.3) is 11.0 Å². The molecule has 0 unspecified atom stereocenters. The lowest BCUT2D eigenvalue weighted by Gasteiger charge is -2.20. The van der Waals surface area contributed by atoms with Crippen LogP contribution in [-0.2, 0) is 17.9 Å². The van der Waals surface area contributed by atoms with Gasteiger partial charge in [0.1, 0.15) is 13.2 Å². The molecule has 2 aromatic carbocycles. The van der Waals surface area contributed by atoms with Crippen LogP contribution in [0.5, 0.6) is 11.5 Å². The third-order valence-corrected chi connectivity index (χ3v) is 5.67. The summed E-state index contributed by atoms with van der Waals surface area (Å²) in [5.41, 5.74) is 2.89. The van der Waals surface area contributed by atoms with E-state index >= 15 is 0 Å². The molecule has 0 aliphatic carbocycles. The number of amides is 1. The molecular weight excluding hydrogens is 398 g/mol. The quantitative estimate of drug-likeness (QED) is 0.616. The van der Waals surface area contributed by atoms with Gasteiger partial charge in [-0.1, -0.05) is 35.5 Å². The Hall–Kier alpha value is -2.38. The molecule has 0 radical (unpaired) electrons. The molecule has 0 atom stereocenters. The van der Waals surface area contributed by atoms with E-state index in [-0.39, 0.29) is 5.91 Å². The van der Waals surface area contributed by atoms with Crippen LogP contribution in [0, 0.1) is 0 Å². The van der Waals surface area contributed by atoms with Crippen LogP contribution < -0.4 is 14.8 Å². The monoisotopic (exact) mass is 417 g/mol. The first-order valence-corrected chi connectivity index (χ1v) is 10.4. The second-order valence-electron chi connectivity index (χ2n) is 6.29. The number of carbonyl (C=O) groups is 1. The van der Waals surface area contributed by atoms with Crippen LogP contribution in [-0.4, -0.2) is 34.4 Å². The number of fused-ring (bicyclic) bond motifs is 2. The minimum absolute atomic E-state index is 0.0641. The number of nitrogens with zero attached hydrogens (tertiary/aromatic N) is 2. The molecular formula is C20H20ClN3O3S. The van der Waals surface area contributed by atoms with Gasteiger partial charge in [0.25, 0.3) is 0 Å². The molecule has 1 aromatic heterocycles. The maximum atomic E-state index is 12.3. The SMILES string of the molecule is CCn1c(SCC(=O)NCc2cc(Cl)c3c(c2)OCCO3)nc2ccccc21. The fraction of sp³-hybridized carbons (Fsp3) is 0.300. The molecule has 8 heteroatoms. The minimum Gasteiger partial charge on any atom is -0.486 e. The number of aryl methyl sites for hydroxylation is 1. The van der Waals surface area contributed by atoms with Crippen LogP contribution in [0.15, 0.2) is 41.6 Å². The summed E-state index contributed by atoms with van der Waals surface area (Å²) in [6, 6.07) is 11.6. The Morgan fingerprint density at radius 2 is 2.11 bits per heavy atom. The van der Waals surface area contributed by atoms with Crippen molar-refractivity contribution in [3.05, 3.63) is 47.0 Å². The zero-order chi connectivity index (χ0) is 19.5. The highest BCUT2D eigenvalue weighted by atomic mass is 35.5. The lowest BCUT2D eigenvalue weighted by molar-refractivity contribution is -0.118. The van der Waals surface area contributed by atoms with E-state index < -0.39 is 0 Å². The van der Waals surface area contributed by atoms with Crippen molar-refractivity contribution in [2.45, 2.75) is 25.2 Å². The van der Waals surface area contributed by atoms with E-state index in [9.17, 15) is 4.79 Å². The molecule has 1 N–H and O–H groups in total. The van der Waals surface area contributed by atoms with Crippen molar-refractivity contribution in [1.82, 2.24) is 14.9 Å². The Kier molecular flexibility index (Phi) is 5.64. The molecule has 3 aromatic rings. The van der Waals surface area contributed by atoms with Crippen LogP contribution in [0.1, 0.15) is 12.5 Å². The maximum Gasteiger partial charge on any atom is 0.230 e. The van der Waals surface area contributed by atoms with Gasteiger partial charge in [0.2, 0.25) is 5.91 Å². The Labute approximate surface area is 172 Å². The van der Waals surface area contributed by atoms with E-state index in [0.717, 1.165) is 28.3 Å². The van der Waals surface area contributed by atoms with Crippen molar-refractivity contribution in [1.29, 1.82) is 0 Å². The molecule has 0 spiro atoms. The number of benzene rings is 2. The van der Waals surface area contributed by atoms with Crippen molar-refractivity contribution < 1.29 is 14.3 Å². The number of ether oxygens (including phenoxy) is 2. The first kappa shape index (κ1) is 19.0. The summed E-state index contributed by atoms with van der Waals surface area (Å²) in [5.74, 6) is 1.42.